The van der Waals surface area contributed by atoms with Gasteiger partial charge in [-0.1, -0.05) is 78.9 Å². The van der Waals surface area contributed by atoms with Gasteiger partial charge in [-0.05, 0) is 46.1 Å². The van der Waals surface area contributed by atoms with Crippen LogP contribution in [0.3, 0.4) is 0 Å². The highest BCUT2D eigenvalue weighted by Crippen LogP contribution is 2.25. The van der Waals surface area contributed by atoms with Crippen molar-refractivity contribution in [1.82, 2.24) is 16.2 Å². The van der Waals surface area contributed by atoms with E-state index in [1.54, 1.807) is 12.1 Å². The van der Waals surface area contributed by atoms with Crippen molar-refractivity contribution in [3.63, 3.8) is 0 Å². The maximum atomic E-state index is 12.2. The summed E-state index contributed by atoms with van der Waals surface area (Å²) >= 11 is 5.06. The van der Waals surface area contributed by atoms with Gasteiger partial charge >= 0.3 is 0 Å². The van der Waals surface area contributed by atoms with E-state index in [0.29, 0.717) is 5.75 Å². The van der Waals surface area contributed by atoms with Gasteiger partial charge in [-0.15, -0.1) is 0 Å². The minimum Gasteiger partial charge on any atom is -0.483 e. The highest BCUT2D eigenvalue weighted by Gasteiger charge is 2.07. The molecule has 0 radical (unpaired) electrons. The average molecular weight is 456 g/mol. The smallest absolute Gasteiger partial charge is 0.276 e. The standard InChI is InChI=1S/C26H21N3O3S/c30-24(16-15-20-10-5-9-18-7-1-3-12-21(18)20)27-26(33)29-28-25(31)17-32-23-14-6-11-19-8-2-4-13-22(19)23/h1-16H,17H2,(H,28,31)(H2,27,29,30,33). The van der Waals surface area contributed by atoms with Crippen LogP contribution in [-0.4, -0.2) is 23.5 Å². The molecule has 0 fully saturated rings. The number of ether oxygens (including phenoxy) is 1. The summed E-state index contributed by atoms with van der Waals surface area (Å²) in [6.07, 6.45) is 3.11. The molecule has 0 saturated heterocycles. The second kappa shape index (κ2) is 10.4. The van der Waals surface area contributed by atoms with Crippen molar-refractivity contribution in [2.45, 2.75) is 0 Å². The zero-order chi connectivity index (χ0) is 23.0. The third-order valence-corrected chi connectivity index (χ3v) is 5.10. The largest absolute Gasteiger partial charge is 0.483 e. The molecule has 164 valence electrons. The molecule has 0 saturated carbocycles. The van der Waals surface area contributed by atoms with Crippen molar-refractivity contribution in [2.75, 3.05) is 6.61 Å². The molecule has 3 N–H and O–H groups in total. The van der Waals surface area contributed by atoms with Crippen molar-refractivity contribution in [2.24, 2.45) is 0 Å². The molecule has 7 heteroatoms. The number of thiocarbonyl (C=S) groups is 1. The van der Waals surface area contributed by atoms with Gasteiger partial charge in [0, 0.05) is 11.5 Å². The average Bonchev–Trinajstić information content (AvgIpc) is 2.85. The number of hydrogen-bond acceptors (Lipinski definition) is 4. The monoisotopic (exact) mass is 455 g/mol. The fourth-order valence-corrected chi connectivity index (χ4v) is 3.53. The normalized spacial score (nSPS) is 10.8. The van der Waals surface area contributed by atoms with E-state index in [2.05, 4.69) is 16.2 Å². The minimum atomic E-state index is -0.439. The van der Waals surface area contributed by atoms with Crippen LogP contribution in [0.4, 0.5) is 0 Å². The molecule has 0 aliphatic carbocycles. The Hall–Kier alpha value is -4.23. The second-order valence-corrected chi connectivity index (χ2v) is 7.57. The van der Waals surface area contributed by atoms with Gasteiger partial charge in [0.2, 0.25) is 5.91 Å². The quantitative estimate of drug-likeness (QED) is 0.240. The molecule has 2 amide bonds. The van der Waals surface area contributed by atoms with Crippen molar-refractivity contribution in [3.8, 4) is 5.75 Å². The molecule has 6 nitrogen and oxygen atoms in total. The Morgan fingerprint density at radius 1 is 0.788 bits per heavy atom. The Morgan fingerprint density at radius 3 is 2.21 bits per heavy atom. The summed E-state index contributed by atoms with van der Waals surface area (Å²) in [6.45, 7) is -0.210. The Labute approximate surface area is 196 Å². The number of carbonyl (C=O) groups is 2. The van der Waals surface area contributed by atoms with E-state index < -0.39 is 11.8 Å². The molecular weight excluding hydrogens is 434 g/mol. The molecule has 4 aromatic rings. The van der Waals surface area contributed by atoms with E-state index in [4.69, 9.17) is 17.0 Å². The molecule has 0 heterocycles. The first-order valence-electron chi connectivity index (χ1n) is 10.3. The van der Waals surface area contributed by atoms with Gasteiger partial charge in [0.05, 0.1) is 0 Å². The Kier molecular flexibility index (Phi) is 6.92. The fraction of sp³-hybridized carbons (Fsp3) is 0.0385. The first kappa shape index (κ1) is 22.0. The maximum Gasteiger partial charge on any atom is 0.276 e. The third-order valence-electron chi connectivity index (χ3n) is 4.90. The number of hydrazine groups is 1. The van der Waals surface area contributed by atoms with E-state index in [0.717, 1.165) is 27.1 Å². The highest BCUT2D eigenvalue weighted by molar-refractivity contribution is 7.80. The van der Waals surface area contributed by atoms with Crippen LogP contribution < -0.4 is 20.9 Å². The predicted octanol–water partition coefficient (Wildman–Crippen LogP) is 4.11. The Morgan fingerprint density at radius 2 is 1.42 bits per heavy atom. The second-order valence-electron chi connectivity index (χ2n) is 7.16. The fourth-order valence-electron chi connectivity index (χ4n) is 3.37. The molecule has 33 heavy (non-hydrogen) atoms. The van der Waals surface area contributed by atoms with E-state index >= 15 is 0 Å². The van der Waals surface area contributed by atoms with Gasteiger partial charge in [-0.2, -0.15) is 0 Å². The van der Waals surface area contributed by atoms with E-state index in [1.165, 1.54) is 6.08 Å². The van der Waals surface area contributed by atoms with Crippen LogP contribution in [-0.2, 0) is 9.59 Å². The zero-order valence-electron chi connectivity index (χ0n) is 17.6. The predicted molar refractivity (Wildman–Crippen MR) is 134 cm³/mol. The number of fused-ring (bicyclic) bond motifs is 2. The van der Waals surface area contributed by atoms with Crippen LogP contribution in [0, 0.1) is 0 Å². The van der Waals surface area contributed by atoms with Gasteiger partial charge in [-0.25, -0.2) is 0 Å². The molecule has 0 aromatic heterocycles. The lowest BCUT2D eigenvalue weighted by atomic mass is 10.0. The summed E-state index contributed by atoms with van der Waals surface area (Å²) in [5.74, 6) is -0.245. The molecule has 0 atom stereocenters. The SMILES string of the molecule is O=C(C=Cc1cccc2ccccc12)NC(=S)NNC(=O)COc1cccc2ccccc12. The summed E-state index contributed by atoms with van der Waals surface area (Å²) in [5, 5.41) is 6.54. The first-order valence-corrected chi connectivity index (χ1v) is 10.7. The minimum absolute atomic E-state index is 0.0268. The van der Waals surface area contributed by atoms with Crippen molar-refractivity contribution in [1.29, 1.82) is 0 Å². The summed E-state index contributed by atoms with van der Waals surface area (Å²) in [7, 11) is 0. The van der Waals surface area contributed by atoms with Crippen molar-refractivity contribution >= 4 is 56.8 Å². The number of nitrogens with one attached hydrogen (secondary N) is 3. The topological polar surface area (TPSA) is 79.5 Å². The molecule has 0 aliphatic heterocycles. The maximum absolute atomic E-state index is 12.2. The number of benzene rings is 4. The van der Waals surface area contributed by atoms with Gasteiger partial charge in [0.15, 0.2) is 11.7 Å². The van der Waals surface area contributed by atoms with Crippen molar-refractivity contribution in [3.05, 3.63) is 96.6 Å². The van der Waals surface area contributed by atoms with Crippen LogP contribution in [0.15, 0.2) is 91.0 Å². The summed E-state index contributed by atoms with van der Waals surface area (Å²) in [4.78, 5) is 24.3. The molecule has 0 aliphatic rings. The van der Waals surface area contributed by atoms with Gasteiger partial charge in [0.1, 0.15) is 5.75 Å². The van der Waals surface area contributed by atoms with Gasteiger partial charge in [-0.3, -0.25) is 25.8 Å². The lowest BCUT2D eigenvalue weighted by Gasteiger charge is -2.11. The summed E-state index contributed by atoms with van der Waals surface area (Å²) < 4.78 is 5.62. The van der Waals surface area contributed by atoms with Gasteiger partial charge in [0.25, 0.3) is 5.91 Å². The van der Waals surface area contributed by atoms with Crippen molar-refractivity contribution < 1.29 is 14.3 Å². The van der Waals surface area contributed by atoms with Gasteiger partial charge < -0.3 is 4.74 Å². The van der Waals surface area contributed by atoms with Crippen LogP contribution in [0.2, 0.25) is 0 Å². The third kappa shape index (κ3) is 5.72. The van der Waals surface area contributed by atoms with E-state index in [1.807, 2.05) is 78.9 Å². The lowest BCUT2D eigenvalue weighted by Crippen LogP contribution is -2.49. The Bertz CT molecular complexity index is 1360. The Balaban J connectivity index is 1.25. The highest BCUT2D eigenvalue weighted by atomic mass is 32.1. The van der Waals surface area contributed by atoms with E-state index in [9.17, 15) is 9.59 Å². The molecular formula is C26H21N3O3S. The summed E-state index contributed by atoms with van der Waals surface area (Å²) in [6, 6.07) is 27.2. The molecule has 0 spiro atoms. The number of rotatable bonds is 5. The lowest BCUT2D eigenvalue weighted by molar-refractivity contribution is -0.123. The van der Waals surface area contributed by atoms with Crippen LogP contribution in [0.25, 0.3) is 27.6 Å². The zero-order valence-corrected chi connectivity index (χ0v) is 18.4. The molecule has 0 unspecified atom stereocenters. The van der Waals surface area contributed by atoms with Crippen LogP contribution in [0.1, 0.15) is 5.56 Å². The molecule has 4 aromatic carbocycles. The summed E-state index contributed by atoms with van der Waals surface area (Å²) in [5.41, 5.74) is 5.83. The number of amides is 2. The molecule has 0 bridgehead atoms. The van der Waals surface area contributed by atoms with Crippen LogP contribution in [0.5, 0.6) is 5.75 Å². The van der Waals surface area contributed by atoms with E-state index in [-0.39, 0.29) is 11.7 Å². The van der Waals surface area contributed by atoms with Crippen LogP contribution >= 0.6 is 12.2 Å². The first-order chi connectivity index (χ1) is 16.1. The molecule has 4 rings (SSSR count). The number of hydrogen-bond donors (Lipinski definition) is 3. The number of carbonyl (C=O) groups excluding carboxylic acids is 2.